The lowest BCUT2D eigenvalue weighted by Gasteiger charge is -2.35. The maximum atomic E-state index is 12.2. The predicted octanol–water partition coefficient (Wildman–Crippen LogP) is 2.08. The molecule has 0 aliphatic carbocycles. The molecular weight excluding hydrogens is 456 g/mol. The second-order valence-corrected chi connectivity index (χ2v) is 10.6. The Labute approximate surface area is 197 Å². The Balaban J connectivity index is 1.49. The highest BCUT2D eigenvalue weighted by molar-refractivity contribution is 7.88. The largest absolute Gasteiger partial charge is 0.377 e. The molecule has 1 aromatic carbocycles. The average molecular weight is 483 g/mol. The van der Waals surface area contributed by atoms with Crippen molar-refractivity contribution >= 4 is 27.3 Å². The van der Waals surface area contributed by atoms with Crippen LogP contribution in [0.2, 0.25) is 0 Å². The highest BCUT2D eigenvalue weighted by Crippen LogP contribution is 2.34. The Kier molecular flexibility index (Phi) is 5.84. The number of benzene rings is 1. The molecule has 11 heteroatoms. The maximum absolute atomic E-state index is 12.2. The smallest absolute Gasteiger partial charge is 0.249 e. The first-order valence-corrected chi connectivity index (χ1v) is 12.9. The van der Waals surface area contributed by atoms with Gasteiger partial charge in [0.2, 0.25) is 15.6 Å². The molecule has 4 heterocycles. The van der Waals surface area contributed by atoms with Crippen LogP contribution >= 0.6 is 0 Å². The molecule has 2 aliphatic heterocycles. The monoisotopic (exact) mass is 482 g/mol. The molecule has 5 rings (SSSR count). The van der Waals surface area contributed by atoms with Crippen LogP contribution in [-0.2, 0) is 27.8 Å². The maximum Gasteiger partial charge on any atom is 0.249 e. The number of aromatic amines is 1. The molecule has 2 aliphatic rings. The number of aromatic nitrogens is 3. The number of ether oxygens (including phenoxy) is 1. The van der Waals surface area contributed by atoms with Crippen molar-refractivity contribution in [3.8, 4) is 11.4 Å². The number of H-pyrrole nitrogens is 1. The number of morpholine rings is 1. The first-order valence-electron chi connectivity index (χ1n) is 11.0. The molecular formula is C23H26N6O4S. The summed E-state index contributed by atoms with van der Waals surface area (Å²) in [5.74, 6) is 1.91. The van der Waals surface area contributed by atoms with Crippen LogP contribution in [0.1, 0.15) is 18.2 Å². The molecule has 0 spiro atoms. The minimum Gasteiger partial charge on any atom is -0.377 e. The molecule has 34 heavy (non-hydrogen) atoms. The predicted molar refractivity (Wildman–Crippen MR) is 130 cm³/mol. The second-order valence-electron chi connectivity index (χ2n) is 8.58. The van der Waals surface area contributed by atoms with E-state index in [0.717, 1.165) is 28.3 Å². The van der Waals surface area contributed by atoms with Gasteiger partial charge in [0.1, 0.15) is 11.6 Å². The third-order valence-corrected chi connectivity index (χ3v) is 7.23. The van der Waals surface area contributed by atoms with E-state index in [2.05, 4.69) is 22.1 Å². The van der Waals surface area contributed by atoms with Crippen molar-refractivity contribution in [3.63, 3.8) is 0 Å². The van der Waals surface area contributed by atoms with E-state index in [0.29, 0.717) is 31.4 Å². The molecule has 1 fully saturated rings. The summed E-state index contributed by atoms with van der Waals surface area (Å²) in [6, 6.07) is 12.6. The van der Waals surface area contributed by atoms with Crippen LogP contribution in [0.25, 0.3) is 11.4 Å². The normalized spacial score (nSPS) is 18.6. The quantitative estimate of drug-likeness (QED) is 0.567. The summed E-state index contributed by atoms with van der Waals surface area (Å²) in [7, 11) is -3.36. The number of nitrogens with zero attached hydrogens (tertiary/aromatic N) is 4. The fraction of sp³-hybridized carbons (Fsp3) is 0.348. The SMILES string of the molecule is CC1COCCN1c1nc(-c2ccc(Nc3cccc(=O)[nH]3)cc2)nc2c1CN(S(C)(=O)=O)C2. The molecule has 178 valence electrons. The van der Waals surface area contributed by atoms with Crippen molar-refractivity contribution in [1.29, 1.82) is 0 Å². The van der Waals surface area contributed by atoms with Gasteiger partial charge in [-0.3, -0.25) is 4.79 Å². The van der Waals surface area contributed by atoms with Crippen LogP contribution in [0.3, 0.4) is 0 Å². The molecule has 1 saturated heterocycles. The van der Waals surface area contributed by atoms with E-state index in [4.69, 9.17) is 14.7 Å². The molecule has 0 amide bonds. The molecule has 2 aromatic heterocycles. The lowest BCUT2D eigenvalue weighted by Crippen LogP contribution is -2.44. The fourth-order valence-electron chi connectivity index (χ4n) is 4.23. The van der Waals surface area contributed by atoms with E-state index >= 15 is 0 Å². The first kappa shape index (κ1) is 22.5. The Morgan fingerprint density at radius 1 is 1.12 bits per heavy atom. The van der Waals surface area contributed by atoms with Gasteiger partial charge in [0.15, 0.2) is 5.82 Å². The van der Waals surface area contributed by atoms with Gasteiger partial charge in [-0.15, -0.1) is 0 Å². The zero-order chi connectivity index (χ0) is 23.9. The van der Waals surface area contributed by atoms with Crippen LogP contribution in [-0.4, -0.2) is 59.7 Å². The number of hydrogen-bond donors (Lipinski definition) is 2. The average Bonchev–Trinajstić information content (AvgIpc) is 3.25. The Morgan fingerprint density at radius 3 is 2.62 bits per heavy atom. The van der Waals surface area contributed by atoms with Gasteiger partial charge in [-0.05, 0) is 37.3 Å². The van der Waals surface area contributed by atoms with Crippen LogP contribution < -0.4 is 15.8 Å². The zero-order valence-corrected chi connectivity index (χ0v) is 19.8. The highest BCUT2D eigenvalue weighted by atomic mass is 32.2. The molecule has 0 bridgehead atoms. The molecule has 1 atom stereocenters. The Hall–Kier alpha value is -3.28. The lowest BCUT2D eigenvalue weighted by atomic mass is 10.1. The number of sulfonamides is 1. The van der Waals surface area contributed by atoms with Crippen molar-refractivity contribution in [3.05, 3.63) is 64.1 Å². The molecule has 0 saturated carbocycles. The van der Waals surface area contributed by atoms with Gasteiger partial charge < -0.3 is 19.9 Å². The summed E-state index contributed by atoms with van der Waals surface area (Å²) in [5, 5.41) is 3.16. The molecule has 2 N–H and O–H groups in total. The third-order valence-electron chi connectivity index (χ3n) is 6.03. The molecule has 3 aromatic rings. The van der Waals surface area contributed by atoms with Crippen molar-refractivity contribution in [2.24, 2.45) is 0 Å². The van der Waals surface area contributed by atoms with E-state index in [1.807, 2.05) is 24.3 Å². The highest BCUT2D eigenvalue weighted by Gasteiger charge is 2.34. The summed E-state index contributed by atoms with van der Waals surface area (Å²) in [5.41, 5.74) is 3.02. The number of rotatable bonds is 5. The third kappa shape index (κ3) is 4.54. The summed E-state index contributed by atoms with van der Waals surface area (Å²) < 4.78 is 31.5. The first-order chi connectivity index (χ1) is 16.3. The second kappa shape index (κ2) is 8.82. The van der Waals surface area contributed by atoms with Gasteiger partial charge in [0.25, 0.3) is 0 Å². The number of nitrogens with one attached hydrogen (secondary N) is 2. The van der Waals surface area contributed by atoms with Gasteiger partial charge in [-0.25, -0.2) is 18.4 Å². The van der Waals surface area contributed by atoms with E-state index in [9.17, 15) is 13.2 Å². The Morgan fingerprint density at radius 2 is 1.91 bits per heavy atom. The van der Waals surface area contributed by atoms with E-state index in [-0.39, 0.29) is 24.7 Å². The van der Waals surface area contributed by atoms with Crippen LogP contribution in [0.15, 0.2) is 47.3 Å². The minimum absolute atomic E-state index is 0.118. The van der Waals surface area contributed by atoms with Crippen LogP contribution in [0.4, 0.5) is 17.3 Å². The number of pyridine rings is 1. The number of anilines is 3. The number of hydrogen-bond acceptors (Lipinski definition) is 8. The molecule has 0 radical (unpaired) electrons. The Bertz CT molecular complexity index is 1370. The topological polar surface area (TPSA) is 121 Å². The summed E-state index contributed by atoms with van der Waals surface area (Å²) in [6.07, 6.45) is 1.22. The summed E-state index contributed by atoms with van der Waals surface area (Å²) in [4.78, 5) is 26.1. The van der Waals surface area contributed by atoms with Crippen molar-refractivity contribution in [1.82, 2.24) is 19.3 Å². The van der Waals surface area contributed by atoms with Crippen molar-refractivity contribution in [2.75, 3.05) is 36.2 Å². The van der Waals surface area contributed by atoms with Gasteiger partial charge in [0, 0.05) is 36.0 Å². The van der Waals surface area contributed by atoms with Crippen molar-refractivity contribution in [2.45, 2.75) is 26.1 Å². The van der Waals surface area contributed by atoms with Crippen LogP contribution in [0.5, 0.6) is 0 Å². The van der Waals surface area contributed by atoms with Gasteiger partial charge in [-0.2, -0.15) is 4.31 Å². The van der Waals surface area contributed by atoms with Crippen molar-refractivity contribution < 1.29 is 13.2 Å². The molecule has 1 unspecified atom stereocenters. The summed E-state index contributed by atoms with van der Waals surface area (Å²) in [6.45, 7) is 4.44. The molecule has 10 nitrogen and oxygen atoms in total. The zero-order valence-electron chi connectivity index (χ0n) is 19.0. The van der Waals surface area contributed by atoms with Gasteiger partial charge in [-0.1, -0.05) is 6.07 Å². The van der Waals surface area contributed by atoms with Gasteiger partial charge >= 0.3 is 0 Å². The standard InChI is InChI=1S/C23H26N6O4S/c1-15-14-33-11-10-29(15)23-18-12-28(34(2,31)32)13-19(18)25-22(27-23)16-6-8-17(9-7-16)24-20-4-3-5-21(30)26-20/h3-9,15H,10-14H2,1-2H3,(H2,24,26,30). The van der Waals surface area contributed by atoms with Crippen LogP contribution in [0, 0.1) is 0 Å². The van der Waals surface area contributed by atoms with E-state index < -0.39 is 10.0 Å². The van der Waals surface area contributed by atoms with Gasteiger partial charge in [0.05, 0.1) is 37.8 Å². The lowest BCUT2D eigenvalue weighted by molar-refractivity contribution is 0.0984. The minimum atomic E-state index is -3.36. The summed E-state index contributed by atoms with van der Waals surface area (Å²) >= 11 is 0. The van der Waals surface area contributed by atoms with E-state index in [1.54, 1.807) is 12.1 Å². The van der Waals surface area contributed by atoms with E-state index in [1.165, 1.54) is 16.6 Å². The fourth-order valence-corrected chi connectivity index (χ4v) is 4.95. The number of fused-ring (bicyclic) bond motifs is 1.